The van der Waals surface area contributed by atoms with Crippen LogP contribution in [0.3, 0.4) is 0 Å². The van der Waals surface area contributed by atoms with Gasteiger partial charge >= 0.3 is 0 Å². The molecule has 1 saturated carbocycles. The molecule has 2 fully saturated rings. The lowest BCUT2D eigenvalue weighted by molar-refractivity contribution is -0.0304. The molecule has 0 bridgehead atoms. The van der Waals surface area contributed by atoms with Crippen molar-refractivity contribution >= 4 is 20.8 Å². The Hall–Kier alpha value is -1.54. The molecule has 1 saturated heterocycles. The lowest BCUT2D eigenvalue weighted by Crippen LogP contribution is -2.62. The number of fused-ring (bicyclic) bond motifs is 1. The molecule has 7 heteroatoms. The summed E-state index contributed by atoms with van der Waals surface area (Å²) in [6.07, 6.45) is 7.67. The molecular formula is C20H27N3O3S. The summed E-state index contributed by atoms with van der Waals surface area (Å²) in [7, 11) is -3.64. The molecule has 146 valence electrons. The number of nitrogens with one attached hydrogen (secondary N) is 1. The highest BCUT2D eigenvalue weighted by Gasteiger charge is 2.45. The summed E-state index contributed by atoms with van der Waals surface area (Å²) in [5.41, 5.74) is -0.122. The number of pyridine rings is 1. The Morgan fingerprint density at radius 1 is 1.19 bits per heavy atom. The molecule has 0 amide bonds. The summed E-state index contributed by atoms with van der Waals surface area (Å²) in [4.78, 5) is 6.87. The lowest BCUT2D eigenvalue weighted by atomic mass is 9.87. The van der Waals surface area contributed by atoms with E-state index in [0.29, 0.717) is 10.3 Å². The van der Waals surface area contributed by atoms with E-state index in [4.69, 9.17) is 4.74 Å². The average molecular weight is 390 g/mol. The molecule has 1 atom stereocenters. The molecule has 2 heterocycles. The molecule has 1 aliphatic heterocycles. The minimum Gasteiger partial charge on any atom is -0.379 e. The molecule has 0 radical (unpaired) electrons. The number of ether oxygens (including phenoxy) is 1. The molecule has 2 aromatic rings. The quantitative estimate of drug-likeness (QED) is 0.851. The van der Waals surface area contributed by atoms with Crippen LogP contribution in [0.4, 0.5) is 0 Å². The van der Waals surface area contributed by atoms with E-state index in [-0.39, 0.29) is 11.6 Å². The second kappa shape index (κ2) is 7.47. The van der Waals surface area contributed by atoms with Crippen molar-refractivity contribution in [2.45, 2.75) is 49.1 Å². The van der Waals surface area contributed by atoms with E-state index < -0.39 is 10.0 Å². The molecule has 6 nitrogen and oxygen atoms in total. The molecule has 4 rings (SSSR count). The second-order valence-electron chi connectivity index (χ2n) is 7.61. The van der Waals surface area contributed by atoms with Crippen LogP contribution in [0, 0.1) is 0 Å². The van der Waals surface area contributed by atoms with Crippen LogP contribution in [-0.2, 0) is 14.8 Å². The van der Waals surface area contributed by atoms with Crippen molar-refractivity contribution in [2.75, 3.05) is 26.3 Å². The van der Waals surface area contributed by atoms with Gasteiger partial charge in [-0.05, 0) is 31.9 Å². The average Bonchev–Trinajstić information content (AvgIpc) is 3.19. The van der Waals surface area contributed by atoms with Crippen molar-refractivity contribution < 1.29 is 13.2 Å². The first-order valence-corrected chi connectivity index (χ1v) is 11.2. The van der Waals surface area contributed by atoms with Crippen LogP contribution >= 0.6 is 0 Å². The van der Waals surface area contributed by atoms with Gasteiger partial charge in [-0.3, -0.25) is 9.88 Å². The van der Waals surface area contributed by atoms with Crippen LogP contribution in [0.15, 0.2) is 41.6 Å². The summed E-state index contributed by atoms with van der Waals surface area (Å²) in [5, 5.41) is 1.54. The first kappa shape index (κ1) is 18.8. The molecule has 2 aliphatic rings. The van der Waals surface area contributed by atoms with E-state index >= 15 is 0 Å². The van der Waals surface area contributed by atoms with Crippen molar-refractivity contribution in [3.8, 4) is 0 Å². The highest BCUT2D eigenvalue weighted by molar-refractivity contribution is 7.89. The molecule has 1 aromatic carbocycles. The molecule has 1 N–H and O–H groups in total. The zero-order chi connectivity index (χ0) is 18.9. The summed E-state index contributed by atoms with van der Waals surface area (Å²) in [6, 6.07) is 6.93. The van der Waals surface area contributed by atoms with Gasteiger partial charge in [-0.25, -0.2) is 13.1 Å². The van der Waals surface area contributed by atoms with Gasteiger partial charge in [0, 0.05) is 47.8 Å². The number of benzene rings is 1. The zero-order valence-corrected chi connectivity index (χ0v) is 16.5. The van der Waals surface area contributed by atoms with E-state index in [9.17, 15) is 8.42 Å². The van der Waals surface area contributed by atoms with Gasteiger partial charge in [-0.1, -0.05) is 25.0 Å². The largest absolute Gasteiger partial charge is 0.379 e. The van der Waals surface area contributed by atoms with Gasteiger partial charge in [0.15, 0.2) is 0 Å². The third-order valence-corrected chi connectivity index (χ3v) is 7.78. The van der Waals surface area contributed by atoms with Crippen LogP contribution in [0.1, 0.15) is 32.6 Å². The number of aromatic nitrogens is 1. The van der Waals surface area contributed by atoms with Gasteiger partial charge in [0.2, 0.25) is 10.0 Å². The maximum Gasteiger partial charge on any atom is 0.241 e. The van der Waals surface area contributed by atoms with Crippen molar-refractivity contribution in [1.29, 1.82) is 0 Å². The Kier molecular flexibility index (Phi) is 5.20. The minimum atomic E-state index is -3.64. The third kappa shape index (κ3) is 3.49. The predicted octanol–water partition coefficient (Wildman–Crippen LogP) is 2.55. The first-order chi connectivity index (χ1) is 13.0. The van der Waals surface area contributed by atoms with Gasteiger partial charge in [-0.15, -0.1) is 0 Å². The van der Waals surface area contributed by atoms with Crippen molar-refractivity contribution in [1.82, 2.24) is 14.6 Å². The first-order valence-electron chi connectivity index (χ1n) is 9.71. The summed E-state index contributed by atoms with van der Waals surface area (Å²) in [6.45, 7) is 5.19. The topological polar surface area (TPSA) is 71.5 Å². The predicted molar refractivity (Wildman–Crippen MR) is 105 cm³/mol. The highest BCUT2D eigenvalue weighted by Crippen LogP contribution is 2.39. The number of nitrogens with zero attached hydrogens (tertiary/aromatic N) is 2. The second-order valence-corrected chi connectivity index (χ2v) is 9.29. The molecular weight excluding hydrogens is 362 g/mol. The zero-order valence-electron chi connectivity index (χ0n) is 15.7. The van der Waals surface area contributed by atoms with Crippen molar-refractivity contribution in [2.24, 2.45) is 0 Å². The van der Waals surface area contributed by atoms with Gasteiger partial charge in [0.25, 0.3) is 0 Å². The Balaban J connectivity index is 1.64. The van der Waals surface area contributed by atoms with Gasteiger partial charge in [0.1, 0.15) is 0 Å². The van der Waals surface area contributed by atoms with E-state index in [1.54, 1.807) is 30.6 Å². The number of hydrogen-bond acceptors (Lipinski definition) is 5. The SMILES string of the molecule is CC(NS(=O)(=O)c1cccc2cnccc12)C1(N2CCOCC2)CCCC1. The smallest absolute Gasteiger partial charge is 0.241 e. The normalized spacial score (nSPS) is 22.1. The van der Waals surface area contributed by atoms with E-state index in [0.717, 1.165) is 57.4 Å². The Labute approximate surface area is 161 Å². The van der Waals surface area contributed by atoms with Crippen LogP contribution in [0.5, 0.6) is 0 Å². The number of sulfonamides is 1. The van der Waals surface area contributed by atoms with E-state index in [2.05, 4.69) is 14.6 Å². The Bertz CT molecular complexity index is 898. The number of rotatable bonds is 5. The molecule has 1 unspecified atom stereocenters. The molecule has 0 spiro atoms. The maximum absolute atomic E-state index is 13.3. The lowest BCUT2D eigenvalue weighted by Gasteiger charge is -2.47. The van der Waals surface area contributed by atoms with Crippen LogP contribution in [0.25, 0.3) is 10.8 Å². The number of hydrogen-bond donors (Lipinski definition) is 1. The van der Waals surface area contributed by atoms with Gasteiger partial charge < -0.3 is 4.74 Å². The summed E-state index contributed by atoms with van der Waals surface area (Å²) < 4.78 is 35.1. The minimum absolute atomic E-state index is 0.122. The highest BCUT2D eigenvalue weighted by atomic mass is 32.2. The third-order valence-electron chi connectivity index (χ3n) is 6.18. The molecule has 27 heavy (non-hydrogen) atoms. The van der Waals surface area contributed by atoms with Crippen LogP contribution in [0.2, 0.25) is 0 Å². The Morgan fingerprint density at radius 2 is 1.93 bits per heavy atom. The fraction of sp³-hybridized carbons (Fsp3) is 0.550. The number of morpholine rings is 1. The monoisotopic (exact) mass is 389 g/mol. The van der Waals surface area contributed by atoms with Crippen molar-refractivity contribution in [3.63, 3.8) is 0 Å². The molecule has 1 aliphatic carbocycles. The fourth-order valence-electron chi connectivity index (χ4n) is 4.75. The summed E-state index contributed by atoms with van der Waals surface area (Å²) >= 11 is 0. The van der Waals surface area contributed by atoms with Crippen LogP contribution < -0.4 is 4.72 Å². The van der Waals surface area contributed by atoms with Gasteiger partial charge in [-0.2, -0.15) is 0 Å². The summed E-state index contributed by atoms with van der Waals surface area (Å²) in [5.74, 6) is 0. The maximum atomic E-state index is 13.3. The van der Waals surface area contributed by atoms with Crippen molar-refractivity contribution in [3.05, 3.63) is 36.7 Å². The van der Waals surface area contributed by atoms with Gasteiger partial charge in [0.05, 0.1) is 18.1 Å². The van der Waals surface area contributed by atoms with E-state index in [1.807, 2.05) is 13.0 Å². The van der Waals surface area contributed by atoms with Crippen LogP contribution in [-0.4, -0.2) is 56.2 Å². The fourth-order valence-corrected chi connectivity index (χ4v) is 6.30. The Morgan fingerprint density at radius 3 is 2.67 bits per heavy atom. The standard InChI is InChI=1S/C20H27N3O3S/c1-16(20(8-2-3-9-20)23-11-13-26-14-12-23)22-27(24,25)19-6-4-5-17-15-21-10-7-18(17)19/h4-7,10,15-16,22H,2-3,8-9,11-14H2,1H3. The molecule has 1 aromatic heterocycles. The van der Waals surface area contributed by atoms with E-state index in [1.165, 1.54) is 0 Å².